The second kappa shape index (κ2) is 6.50. The van der Waals surface area contributed by atoms with Crippen molar-refractivity contribution in [3.8, 4) is 0 Å². The van der Waals surface area contributed by atoms with E-state index in [2.05, 4.69) is 20.1 Å². The van der Waals surface area contributed by atoms with Crippen LogP contribution in [-0.2, 0) is 20.1 Å². The summed E-state index contributed by atoms with van der Waals surface area (Å²) in [6.07, 6.45) is 3.56. The van der Waals surface area contributed by atoms with Crippen LogP contribution in [0, 0.1) is 0 Å². The van der Waals surface area contributed by atoms with Crippen molar-refractivity contribution in [3.05, 3.63) is 58.8 Å². The van der Waals surface area contributed by atoms with Crippen LogP contribution in [0.3, 0.4) is 0 Å². The summed E-state index contributed by atoms with van der Waals surface area (Å²) in [4.78, 5) is 6.57. The summed E-state index contributed by atoms with van der Waals surface area (Å²) in [7, 11) is 1.81. The fourth-order valence-electron chi connectivity index (χ4n) is 3.21. The van der Waals surface area contributed by atoms with E-state index >= 15 is 0 Å². The molecule has 1 aliphatic heterocycles. The molecule has 0 spiro atoms. The van der Waals surface area contributed by atoms with Crippen molar-refractivity contribution < 1.29 is 5.11 Å². The molecule has 0 aliphatic carbocycles. The Morgan fingerprint density at radius 2 is 2.12 bits per heavy atom. The molecule has 0 fully saturated rings. The van der Waals surface area contributed by atoms with Crippen molar-refractivity contribution in [1.29, 1.82) is 0 Å². The third kappa shape index (κ3) is 3.01. The first kappa shape index (κ1) is 16.1. The number of hydrogen-bond donors (Lipinski definition) is 1. The van der Waals surface area contributed by atoms with Crippen molar-refractivity contribution in [1.82, 2.24) is 24.5 Å². The average molecular weight is 359 g/mol. The summed E-state index contributed by atoms with van der Waals surface area (Å²) >= 11 is 6.30. The van der Waals surface area contributed by atoms with Crippen LogP contribution in [0.25, 0.3) is 0 Å². The maximum atomic E-state index is 10.6. The summed E-state index contributed by atoms with van der Waals surface area (Å²) < 4.78 is 3.63. The molecule has 1 N–H and O–H groups in total. The fraction of sp³-hybridized carbons (Fsp3) is 0.353. The molecular weight excluding hydrogens is 340 g/mol. The molecule has 4 rings (SSSR count). The zero-order valence-electron chi connectivity index (χ0n) is 13.9. The van der Waals surface area contributed by atoms with Crippen molar-refractivity contribution in [2.24, 2.45) is 7.05 Å². The average Bonchev–Trinajstić information content (AvgIpc) is 3.16. The number of aliphatic hydroxyl groups is 1. The van der Waals surface area contributed by atoms with Crippen LogP contribution in [0.5, 0.6) is 0 Å². The van der Waals surface area contributed by atoms with Gasteiger partial charge in [-0.15, -0.1) is 0 Å². The van der Waals surface area contributed by atoms with E-state index in [0.29, 0.717) is 17.3 Å². The van der Waals surface area contributed by atoms with Crippen molar-refractivity contribution >= 4 is 17.4 Å². The number of aliphatic hydroxyl groups excluding tert-OH is 1. The molecule has 0 radical (unpaired) electrons. The van der Waals surface area contributed by atoms with Crippen molar-refractivity contribution in [2.75, 3.05) is 11.4 Å². The number of rotatable bonds is 3. The standard InChI is InChI=1S/C17H19ClN6O/c1-22-15(5-7-20-22)16(25)14-10-12-11-23(8-3-9-24(12)21-14)17-13(18)4-2-6-19-17/h2,4-7,10,16,25H,3,8-9,11H2,1H3/t16-/m0/s1. The van der Waals surface area contributed by atoms with Gasteiger partial charge in [0.15, 0.2) is 0 Å². The van der Waals surface area contributed by atoms with Gasteiger partial charge in [-0.3, -0.25) is 9.36 Å². The van der Waals surface area contributed by atoms with Crippen LogP contribution in [0.2, 0.25) is 5.02 Å². The molecule has 25 heavy (non-hydrogen) atoms. The number of aryl methyl sites for hydroxylation is 2. The molecule has 0 bridgehead atoms. The summed E-state index contributed by atoms with van der Waals surface area (Å²) in [5, 5.41) is 20.0. The maximum Gasteiger partial charge on any atom is 0.147 e. The molecule has 1 atom stereocenters. The minimum atomic E-state index is -0.793. The Labute approximate surface area is 150 Å². The lowest BCUT2D eigenvalue weighted by molar-refractivity contribution is 0.203. The molecule has 0 unspecified atom stereocenters. The van der Waals surface area contributed by atoms with Crippen LogP contribution < -0.4 is 4.90 Å². The Hall–Kier alpha value is -2.38. The predicted octanol–water partition coefficient (Wildman–Crippen LogP) is 2.16. The third-order valence-electron chi connectivity index (χ3n) is 4.49. The summed E-state index contributed by atoms with van der Waals surface area (Å²) in [5.74, 6) is 0.785. The van der Waals surface area contributed by atoms with Gasteiger partial charge in [-0.05, 0) is 30.7 Å². The van der Waals surface area contributed by atoms with Gasteiger partial charge in [0.2, 0.25) is 0 Å². The largest absolute Gasteiger partial charge is 0.380 e. The summed E-state index contributed by atoms with van der Waals surface area (Å²) in [6.45, 7) is 2.32. The first-order chi connectivity index (χ1) is 12.1. The van der Waals surface area contributed by atoms with Gasteiger partial charge in [-0.2, -0.15) is 10.2 Å². The van der Waals surface area contributed by atoms with E-state index in [9.17, 15) is 5.11 Å². The molecule has 7 nitrogen and oxygen atoms in total. The number of anilines is 1. The van der Waals surface area contributed by atoms with Crippen molar-refractivity contribution in [3.63, 3.8) is 0 Å². The van der Waals surface area contributed by atoms with Gasteiger partial charge in [0, 0.05) is 32.5 Å². The molecule has 0 amide bonds. The van der Waals surface area contributed by atoms with Gasteiger partial charge in [0.05, 0.1) is 28.6 Å². The number of nitrogens with zero attached hydrogens (tertiary/aromatic N) is 6. The summed E-state index contributed by atoms with van der Waals surface area (Å²) in [5.41, 5.74) is 2.39. The van der Waals surface area contributed by atoms with Gasteiger partial charge < -0.3 is 10.0 Å². The quantitative estimate of drug-likeness (QED) is 0.776. The fourth-order valence-corrected chi connectivity index (χ4v) is 3.45. The van der Waals surface area contributed by atoms with Crippen LogP contribution >= 0.6 is 11.6 Å². The summed E-state index contributed by atoms with van der Waals surface area (Å²) in [6, 6.07) is 7.43. The third-order valence-corrected chi connectivity index (χ3v) is 4.79. The molecule has 0 aromatic carbocycles. The lowest BCUT2D eigenvalue weighted by atomic mass is 10.2. The van der Waals surface area contributed by atoms with Crippen LogP contribution in [0.4, 0.5) is 5.82 Å². The molecular formula is C17H19ClN6O. The zero-order valence-corrected chi connectivity index (χ0v) is 14.6. The van der Waals surface area contributed by atoms with E-state index in [1.54, 1.807) is 23.1 Å². The monoisotopic (exact) mass is 358 g/mol. The van der Waals surface area contributed by atoms with Gasteiger partial charge in [-0.25, -0.2) is 4.98 Å². The number of pyridine rings is 1. The van der Waals surface area contributed by atoms with E-state index < -0.39 is 6.10 Å². The highest BCUT2D eigenvalue weighted by Crippen LogP contribution is 2.28. The first-order valence-corrected chi connectivity index (χ1v) is 8.59. The Morgan fingerprint density at radius 3 is 2.88 bits per heavy atom. The minimum absolute atomic E-state index is 0.632. The highest BCUT2D eigenvalue weighted by Gasteiger charge is 2.23. The van der Waals surface area contributed by atoms with Crippen LogP contribution in [-0.4, -0.2) is 36.2 Å². The van der Waals surface area contributed by atoms with Crippen LogP contribution in [0.15, 0.2) is 36.7 Å². The Morgan fingerprint density at radius 1 is 1.24 bits per heavy atom. The van der Waals surface area contributed by atoms with Crippen LogP contribution in [0.1, 0.15) is 29.6 Å². The smallest absolute Gasteiger partial charge is 0.147 e. The predicted molar refractivity (Wildman–Crippen MR) is 94.4 cm³/mol. The second-order valence-corrected chi connectivity index (χ2v) is 6.56. The zero-order chi connectivity index (χ0) is 17.4. The molecule has 0 saturated carbocycles. The van der Waals surface area contributed by atoms with Gasteiger partial charge >= 0.3 is 0 Å². The van der Waals surface area contributed by atoms with E-state index in [-0.39, 0.29) is 0 Å². The number of halogens is 1. The number of hydrogen-bond acceptors (Lipinski definition) is 5. The lowest BCUT2D eigenvalue weighted by Gasteiger charge is -2.21. The van der Waals surface area contributed by atoms with Gasteiger partial charge in [-0.1, -0.05) is 11.6 Å². The topological polar surface area (TPSA) is 72.0 Å². The highest BCUT2D eigenvalue weighted by molar-refractivity contribution is 6.32. The first-order valence-electron chi connectivity index (χ1n) is 8.21. The number of aromatic nitrogens is 5. The molecule has 3 aromatic rings. The Bertz CT molecular complexity index is 889. The second-order valence-electron chi connectivity index (χ2n) is 6.15. The van der Waals surface area contributed by atoms with Crippen molar-refractivity contribution in [2.45, 2.75) is 25.6 Å². The van der Waals surface area contributed by atoms with Gasteiger partial charge in [0.25, 0.3) is 0 Å². The highest BCUT2D eigenvalue weighted by atomic mass is 35.5. The van der Waals surface area contributed by atoms with E-state index in [0.717, 1.165) is 36.7 Å². The van der Waals surface area contributed by atoms with E-state index in [4.69, 9.17) is 11.6 Å². The van der Waals surface area contributed by atoms with E-state index in [1.165, 1.54) is 0 Å². The van der Waals surface area contributed by atoms with E-state index in [1.807, 2.05) is 29.9 Å². The van der Waals surface area contributed by atoms with Gasteiger partial charge in [0.1, 0.15) is 11.9 Å². The normalized spacial score (nSPS) is 15.7. The number of fused-ring (bicyclic) bond motifs is 1. The maximum absolute atomic E-state index is 10.6. The molecule has 130 valence electrons. The lowest BCUT2D eigenvalue weighted by Crippen LogP contribution is -2.23. The minimum Gasteiger partial charge on any atom is -0.380 e. The Balaban J connectivity index is 1.63. The SMILES string of the molecule is Cn1nccc1[C@@H](O)c1cc2n(n1)CCCN(c1ncccc1Cl)C2. The molecule has 8 heteroatoms. The molecule has 4 heterocycles. The molecule has 3 aromatic heterocycles. The Kier molecular flexibility index (Phi) is 4.19. The molecule has 1 aliphatic rings. The molecule has 0 saturated heterocycles.